The van der Waals surface area contributed by atoms with E-state index in [1.807, 2.05) is 23.1 Å². The first-order valence-corrected chi connectivity index (χ1v) is 8.13. The summed E-state index contributed by atoms with van der Waals surface area (Å²) in [6.07, 6.45) is 2.86. The minimum Gasteiger partial charge on any atom is -0.470 e. The summed E-state index contributed by atoms with van der Waals surface area (Å²) >= 11 is 0. The van der Waals surface area contributed by atoms with Crippen LogP contribution in [0.1, 0.15) is 13.8 Å². The van der Waals surface area contributed by atoms with Crippen LogP contribution in [0.3, 0.4) is 0 Å². The van der Waals surface area contributed by atoms with E-state index < -0.39 is 4.92 Å². The number of nitro groups is 1. The number of nitrogens with zero attached hydrogens (tertiary/aromatic N) is 6. The molecule has 0 spiro atoms. The van der Waals surface area contributed by atoms with E-state index in [1.54, 1.807) is 20.0 Å². The van der Waals surface area contributed by atoms with Crippen molar-refractivity contribution in [3.05, 3.63) is 40.8 Å². The molecule has 1 aliphatic heterocycles. The molecule has 3 rings (SSSR count). The number of anilines is 2. The van der Waals surface area contributed by atoms with Gasteiger partial charge in [-0.05, 0) is 26.0 Å². The summed E-state index contributed by atoms with van der Waals surface area (Å²) in [6.45, 7) is 6.23. The largest absolute Gasteiger partial charge is 0.470 e. The molecule has 0 aromatic carbocycles. The first-order chi connectivity index (χ1) is 12.1. The summed E-state index contributed by atoms with van der Waals surface area (Å²) in [5, 5.41) is 11.6. The van der Waals surface area contributed by atoms with Crippen LogP contribution in [-0.2, 0) is 0 Å². The van der Waals surface area contributed by atoms with Gasteiger partial charge in [-0.15, -0.1) is 0 Å². The van der Waals surface area contributed by atoms with Crippen molar-refractivity contribution in [2.75, 3.05) is 36.0 Å². The van der Waals surface area contributed by atoms with Gasteiger partial charge in [0.05, 0.1) is 11.0 Å². The number of pyridine rings is 1. The normalized spacial score (nSPS) is 14.7. The molecule has 9 heteroatoms. The molecule has 0 amide bonds. The van der Waals surface area contributed by atoms with Crippen molar-refractivity contribution < 1.29 is 9.66 Å². The Bertz CT molecular complexity index is 732. The smallest absolute Gasteiger partial charge is 0.372 e. The van der Waals surface area contributed by atoms with Crippen LogP contribution in [0.5, 0.6) is 5.88 Å². The zero-order chi connectivity index (χ0) is 17.8. The molecular weight excluding hydrogens is 324 g/mol. The zero-order valence-electron chi connectivity index (χ0n) is 14.2. The lowest BCUT2D eigenvalue weighted by atomic mass is 10.3. The van der Waals surface area contributed by atoms with Crippen LogP contribution >= 0.6 is 0 Å². The van der Waals surface area contributed by atoms with Gasteiger partial charge in [-0.25, -0.2) is 9.97 Å². The van der Waals surface area contributed by atoms with Crippen LogP contribution < -0.4 is 14.5 Å². The quantitative estimate of drug-likeness (QED) is 0.599. The molecule has 25 heavy (non-hydrogen) atoms. The molecule has 0 bridgehead atoms. The van der Waals surface area contributed by atoms with E-state index >= 15 is 0 Å². The molecule has 0 unspecified atom stereocenters. The van der Waals surface area contributed by atoms with E-state index in [9.17, 15) is 10.1 Å². The van der Waals surface area contributed by atoms with Crippen LogP contribution in [0.2, 0.25) is 0 Å². The van der Waals surface area contributed by atoms with Crippen LogP contribution in [-0.4, -0.2) is 52.2 Å². The van der Waals surface area contributed by atoms with Gasteiger partial charge in [-0.1, -0.05) is 6.07 Å². The lowest BCUT2D eigenvalue weighted by molar-refractivity contribution is -0.385. The molecule has 0 radical (unpaired) electrons. The van der Waals surface area contributed by atoms with Gasteiger partial charge in [0, 0.05) is 32.4 Å². The third-order valence-electron chi connectivity index (χ3n) is 3.85. The van der Waals surface area contributed by atoms with Gasteiger partial charge >= 0.3 is 5.69 Å². The first-order valence-electron chi connectivity index (χ1n) is 8.13. The molecular formula is C16H20N6O3. The fourth-order valence-electron chi connectivity index (χ4n) is 2.74. The van der Waals surface area contributed by atoms with Crippen molar-refractivity contribution in [1.29, 1.82) is 0 Å². The lowest BCUT2D eigenvalue weighted by Crippen LogP contribution is -2.47. The van der Waals surface area contributed by atoms with Crippen molar-refractivity contribution >= 4 is 17.3 Å². The summed E-state index contributed by atoms with van der Waals surface area (Å²) < 4.78 is 5.49. The third kappa shape index (κ3) is 3.76. The number of hydrogen-bond donors (Lipinski definition) is 0. The van der Waals surface area contributed by atoms with Crippen molar-refractivity contribution in [1.82, 2.24) is 15.0 Å². The Kier molecular flexibility index (Phi) is 4.92. The van der Waals surface area contributed by atoms with E-state index in [0.717, 1.165) is 5.82 Å². The fourth-order valence-corrected chi connectivity index (χ4v) is 2.74. The molecule has 0 atom stereocenters. The lowest BCUT2D eigenvalue weighted by Gasteiger charge is -2.35. The predicted molar refractivity (Wildman–Crippen MR) is 93.1 cm³/mol. The number of ether oxygens (including phenoxy) is 1. The standard InChI is InChI=1S/C16H20N6O3/c1-12(2)25-16-14(22(23)24)15(18-11-19-16)21-9-7-20(8-10-21)13-5-3-4-6-17-13/h3-6,11-12H,7-10H2,1-2H3. The Morgan fingerprint density at radius 3 is 2.44 bits per heavy atom. The van der Waals surface area contributed by atoms with E-state index in [0.29, 0.717) is 32.0 Å². The Morgan fingerprint density at radius 1 is 1.12 bits per heavy atom. The van der Waals surface area contributed by atoms with E-state index in [1.165, 1.54) is 6.33 Å². The Labute approximate surface area is 145 Å². The fraction of sp³-hybridized carbons (Fsp3) is 0.438. The third-order valence-corrected chi connectivity index (χ3v) is 3.85. The maximum absolute atomic E-state index is 11.6. The minimum absolute atomic E-state index is 0.0113. The van der Waals surface area contributed by atoms with Crippen molar-refractivity contribution in [3.63, 3.8) is 0 Å². The van der Waals surface area contributed by atoms with Crippen LogP contribution in [0.25, 0.3) is 0 Å². The Morgan fingerprint density at radius 2 is 1.84 bits per heavy atom. The van der Waals surface area contributed by atoms with E-state index in [2.05, 4.69) is 19.9 Å². The summed E-state index contributed by atoms with van der Waals surface area (Å²) in [6, 6.07) is 5.77. The maximum Gasteiger partial charge on any atom is 0.372 e. The molecule has 132 valence electrons. The molecule has 9 nitrogen and oxygen atoms in total. The van der Waals surface area contributed by atoms with Crippen LogP contribution in [0.15, 0.2) is 30.7 Å². The molecule has 0 aliphatic carbocycles. The Hall–Kier alpha value is -2.97. The molecule has 2 aromatic heterocycles. The number of rotatable bonds is 5. The second-order valence-electron chi connectivity index (χ2n) is 5.94. The van der Waals surface area contributed by atoms with Gasteiger partial charge in [-0.2, -0.15) is 4.98 Å². The topological polar surface area (TPSA) is 97.5 Å². The highest BCUT2D eigenvalue weighted by Gasteiger charge is 2.30. The number of piperazine rings is 1. The summed E-state index contributed by atoms with van der Waals surface area (Å²) in [5.41, 5.74) is -0.178. The average Bonchev–Trinajstić information content (AvgIpc) is 2.62. The maximum atomic E-state index is 11.6. The second-order valence-corrected chi connectivity index (χ2v) is 5.94. The minimum atomic E-state index is -0.474. The van der Waals surface area contributed by atoms with Gasteiger partial charge in [0.2, 0.25) is 5.82 Å². The number of aromatic nitrogens is 3. The SMILES string of the molecule is CC(C)Oc1ncnc(N2CCN(c3ccccn3)CC2)c1[N+](=O)[O-]. The molecule has 3 heterocycles. The van der Waals surface area contributed by atoms with Crippen molar-refractivity contribution in [3.8, 4) is 5.88 Å². The average molecular weight is 344 g/mol. The number of hydrogen-bond acceptors (Lipinski definition) is 8. The Balaban J connectivity index is 1.80. The molecule has 1 fully saturated rings. The predicted octanol–water partition coefficient (Wildman–Crippen LogP) is 1.89. The zero-order valence-corrected chi connectivity index (χ0v) is 14.2. The molecule has 0 saturated carbocycles. The first kappa shape index (κ1) is 16.9. The van der Waals surface area contributed by atoms with E-state index in [4.69, 9.17) is 4.74 Å². The molecule has 2 aromatic rings. The van der Waals surface area contributed by atoms with E-state index in [-0.39, 0.29) is 17.7 Å². The van der Waals surface area contributed by atoms with Crippen LogP contribution in [0, 0.1) is 10.1 Å². The van der Waals surface area contributed by atoms with Crippen molar-refractivity contribution in [2.24, 2.45) is 0 Å². The highest BCUT2D eigenvalue weighted by atomic mass is 16.6. The van der Waals surface area contributed by atoms with Gasteiger partial charge in [0.1, 0.15) is 12.1 Å². The second kappa shape index (κ2) is 7.29. The van der Waals surface area contributed by atoms with Gasteiger partial charge < -0.3 is 14.5 Å². The molecule has 0 N–H and O–H groups in total. The van der Waals surface area contributed by atoms with Crippen molar-refractivity contribution in [2.45, 2.75) is 20.0 Å². The molecule has 1 aliphatic rings. The highest BCUT2D eigenvalue weighted by Crippen LogP contribution is 2.34. The highest BCUT2D eigenvalue weighted by molar-refractivity contribution is 5.63. The van der Waals surface area contributed by atoms with Gasteiger partial charge in [0.25, 0.3) is 5.88 Å². The molecule has 1 saturated heterocycles. The summed E-state index contributed by atoms with van der Waals surface area (Å²) in [4.78, 5) is 27.6. The summed E-state index contributed by atoms with van der Waals surface area (Å²) in [5.74, 6) is 1.22. The van der Waals surface area contributed by atoms with Crippen LogP contribution in [0.4, 0.5) is 17.3 Å². The monoisotopic (exact) mass is 344 g/mol. The van der Waals surface area contributed by atoms with Gasteiger partial charge in [-0.3, -0.25) is 10.1 Å². The summed E-state index contributed by atoms with van der Waals surface area (Å²) in [7, 11) is 0. The van der Waals surface area contributed by atoms with Gasteiger partial charge in [0.15, 0.2) is 0 Å².